The van der Waals surface area contributed by atoms with E-state index in [1.165, 1.54) is 10.4 Å². The fourth-order valence-corrected chi connectivity index (χ4v) is 3.50. The van der Waals surface area contributed by atoms with E-state index in [0.29, 0.717) is 11.9 Å². The standard InChI is InChI=1S/C15H19N3OS.2ClH/c1-19-14-5-4-12(11-17-14)15(13-3-2-10-20-13)18-8-6-16-7-9-18;;/h2-5,10-11,15-16H,6-9H2,1H3;2*1H/t15-;;/m0../s1. The van der Waals surface area contributed by atoms with Gasteiger partial charge >= 0.3 is 0 Å². The number of piperazine rings is 1. The van der Waals surface area contributed by atoms with E-state index in [1.807, 2.05) is 23.6 Å². The highest BCUT2D eigenvalue weighted by Crippen LogP contribution is 2.32. The average molecular weight is 362 g/mol. The molecule has 122 valence electrons. The topological polar surface area (TPSA) is 37.4 Å². The zero-order valence-corrected chi connectivity index (χ0v) is 14.8. The smallest absolute Gasteiger partial charge is 0.212 e. The van der Waals surface area contributed by atoms with E-state index in [2.05, 4.69) is 38.8 Å². The number of aromatic nitrogens is 1. The van der Waals surface area contributed by atoms with Crippen molar-refractivity contribution in [3.63, 3.8) is 0 Å². The second-order valence-electron chi connectivity index (χ2n) is 4.84. The molecule has 1 saturated heterocycles. The van der Waals surface area contributed by atoms with Crippen LogP contribution in [0.3, 0.4) is 0 Å². The maximum atomic E-state index is 5.15. The van der Waals surface area contributed by atoms with Gasteiger partial charge in [-0.25, -0.2) is 4.98 Å². The minimum absolute atomic E-state index is 0. The molecule has 22 heavy (non-hydrogen) atoms. The van der Waals surface area contributed by atoms with Gasteiger partial charge in [-0.15, -0.1) is 36.2 Å². The quantitative estimate of drug-likeness (QED) is 0.908. The number of hydrogen-bond acceptors (Lipinski definition) is 5. The van der Waals surface area contributed by atoms with Crippen LogP contribution in [0.2, 0.25) is 0 Å². The lowest BCUT2D eigenvalue weighted by Crippen LogP contribution is -2.45. The zero-order chi connectivity index (χ0) is 13.8. The molecule has 1 atom stereocenters. The Morgan fingerprint density at radius 3 is 2.55 bits per heavy atom. The van der Waals surface area contributed by atoms with Gasteiger partial charge in [-0.1, -0.05) is 12.1 Å². The first kappa shape index (κ1) is 19.2. The Hall–Kier alpha value is -0.850. The monoisotopic (exact) mass is 361 g/mol. The molecule has 2 aromatic heterocycles. The SMILES string of the molecule is COc1ccc([C@@H](c2cccs2)N2CCNCC2)cn1.Cl.Cl. The Balaban J connectivity index is 0.00000121. The summed E-state index contributed by atoms with van der Waals surface area (Å²) in [6, 6.07) is 8.69. The highest BCUT2D eigenvalue weighted by Gasteiger charge is 2.24. The number of methoxy groups -OCH3 is 1. The first-order chi connectivity index (χ1) is 9.88. The molecular formula is C15H21Cl2N3OS. The summed E-state index contributed by atoms with van der Waals surface area (Å²) in [4.78, 5) is 8.26. The van der Waals surface area contributed by atoms with Crippen LogP contribution in [0.15, 0.2) is 35.8 Å². The number of nitrogens with one attached hydrogen (secondary N) is 1. The van der Waals surface area contributed by atoms with Gasteiger partial charge in [-0.2, -0.15) is 0 Å². The third-order valence-corrected chi connectivity index (χ3v) is 4.54. The number of nitrogens with zero attached hydrogens (tertiary/aromatic N) is 2. The predicted molar refractivity (Wildman–Crippen MR) is 95.9 cm³/mol. The Labute approximate surface area is 147 Å². The molecule has 0 radical (unpaired) electrons. The Morgan fingerprint density at radius 1 is 1.23 bits per heavy atom. The maximum absolute atomic E-state index is 5.15. The molecule has 0 bridgehead atoms. The van der Waals surface area contributed by atoms with Crippen molar-refractivity contribution in [1.82, 2.24) is 15.2 Å². The van der Waals surface area contributed by atoms with Crippen LogP contribution in [0.5, 0.6) is 5.88 Å². The second-order valence-corrected chi connectivity index (χ2v) is 5.82. The van der Waals surface area contributed by atoms with Crippen molar-refractivity contribution >= 4 is 36.2 Å². The summed E-state index contributed by atoms with van der Waals surface area (Å²) in [5.41, 5.74) is 1.23. The van der Waals surface area contributed by atoms with E-state index in [-0.39, 0.29) is 24.8 Å². The van der Waals surface area contributed by atoms with Crippen LogP contribution in [-0.4, -0.2) is 43.2 Å². The molecule has 0 spiro atoms. The molecule has 1 aliphatic rings. The first-order valence-corrected chi connectivity index (χ1v) is 7.74. The van der Waals surface area contributed by atoms with Crippen LogP contribution >= 0.6 is 36.2 Å². The van der Waals surface area contributed by atoms with Crippen molar-refractivity contribution in [1.29, 1.82) is 0 Å². The summed E-state index contributed by atoms with van der Waals surface area (Å²) in [6.07, 6.45) is 1.94. The van der Waals surface area contributed by atoms with E-state index in [0.717, 1.165) is 26.2 Å². The van der Waals surface area contributed by atoms with Crippen LogP contribution in [-0.2, 0) is 0 Å². The molecule has 7 heteroatoms. The second kappa shape index (κ2) is 9.33. The number of hydrogen-bond donors (Lipinski definition) is 1. The van der Waals surface area contributed by atoms with E-state index in [1.54, 1.807) is 7.11 Å². The van der Waals surface area contributed by atoms with Crippen LogP contribution in [0.25, 0.3) is 0 Å². The molecule has 3 rings (SSSR count). The number of thiophene rings is 1. The summed E-state index contributed by atoms with van der Waals surface area (Å²) in [5, 5.41) is 5.55. The number of rotatable bonds is 4. The van der Waals surface area contributed by atoms with Gasteiger partial charge in [0, 0.05) is 43.3 Å². The molecule has 3 heterocycles. The fraction of sp³-hybridized carbons (Fsp3) is 0.400. The molecule has 0 aliphatic carbocycles. The molecule has 0 amide bonds. The van der Waals surface area contributed by atoms with Crippen LogP contribution < -0.4 is 10.1 Å². The zero-order valence-electron chi connectivity index (χ0n) is 12.4. The highest BCUT2D eigenvalue weighted by molar-refractivity contribution is 7.10. The summed E-state index contributed by atoms with van der Waals surface area (Å²) in [6.45, 7) is 4.22. The highest BCUT2D eigenvalue weighted by atomic mass is 35.5. The summed E-state index contributed by atoms with van der Waals surface area (Å²) < 4.78 is 5.15. The van der Waals surface area contributed by atoms with Crippen molar-refractivity contribution in [2.45, 2.75) is 6.04 Å². The predicted octanol–water partition coefficient (Wildman–Crippen LogP) is 2.99. The molecule has 2 aromatic rings. The molecule has 0 unspecified atom stereocenters. The summed E-state index contributed by atoms with van der Waals surface area (Å²) in [7, 11) is 1.65. The summed E-state index contributed by atoms with van der Waals surface area (Å²) >= 11 is 1.81. The van der Waals surface area contributed by atoms with Gasteiger partial charge in [-0.05, 0) is 17.0 Å². The average Bonchev–Trinajstić information content (AvgIpc) is 3.03. The van der Waals surface area contributed by atoms with Crippen molar-refractivity contribution < 1.29 is 4.74 Å². The molecule has 1 aliphatic heterocycles. The number of pyridine rings is 1. The molecular weight excluding hydrogens is 341 g/mol. The van der Waals surface area contributed by atoms with Gasteiger partial charge in [0.25, 0.3) is 0 Å². The lowest BCUT2D eigenvalue weighted by atomic mass is 10.0. The Kier molecular flexibility index (Phi) is 8.14. The van der Waals surface area contributed by atoms with Crippen LogP contribution in [0.4, 0.5) is 0 Å². The van der Waals surface area contributed by atoms with Gasteiger partial charge < -0.3 is 10.1 Å². The van der Waals surface area contributed by atoms with E-state index >= 15 is 0 Å². The van der Waals surface area contributed by atoms with Crippen molar-refractivity contribution in [3.8, 4) is 5.88 Å². The van der Waals surface area contributed by atoms with E-state index in [4.69, 9.17) is 4.74 Å². The minimum Gasteiger partial charge on any atom is -0.481 e. The maximum Gasteiger partial charge on any atom is 0.212 e. The fourth-order valence-electron chi connectivity index (χ4n) is 2.62. The molecule has 4 nitrogen and oxygen atoms in total. The molecule has 1 fully saturated rings. The van der Waals surface area contributed by atoms with Gasteiger partial charge in [0.1, 0.15) is 0 Å². The molecule has 1 N–H and O–H groups in total. The Bertz CT molecular complexity index is 530. The lowest BCUT2D eigenvalue weighted by Gasteiger charge is -2.34. The minimum atomic E-state index is 0. The Morgan fingerprint density at radius 2 is 2.00 bits per heavy atom. The van der Waals surface area contributed by atoms with E-state index in [9.17, 15) is 0 Å². The largest absolute Gasteiger partial charge is 0.481 e. The van der Waals surface area contributed by atoms with Crippen LogP contribution in [0, 0.1) is 0 Å². The number of ether oxygens (including phenoxy) is 1. The van der Waals surface area contributed by atoms with Crippen molar-refractivity contribution in [2.75, 3.05) is 33.3 Å². The number of halogens is 2. The third kappa shape index (κ3) is 4.33. The first-order valence-electron chi connectivity index (χ1n) is 6.86. The van der Waals surface area contributed by atoms with Crippen molar-refractivity contribution in [2.24, 2.45) is 0 Å². The van der Waals surface area contributed by atoms with Gasteiger partial charge in [-0.3, -0.25) is 4.90 Å². The van der Waals surface area contributed by atoms with Gasteiger partial charge in [0.15, 0.2) is 0 Å². The van der Waals surface area contributed by atoms with Gasteiger partial charge in [0.2, 0.25) is 5.88 Å². The lowest BCUT2D eigenvalue weighted by molar-refractivity contribution is 0.200. The summed E-state index contributed by atoms with van der Waals surface area (Å²) in [5.74, 6) is 0.666. The normalized spacial score (nSPS) is 16.2. The molecule has 0 saturated carbocycles. The van der Waals surface area contributed by atoms with Crippen LogP contribution in [0.1, 0.15) is 16.5 Å². The molecule has 0 aromatic carbocycles. The van der Waals surface area contributed by atoms with E-state index < -0.39 is 0 Å². The third-order valence-electron chi connectivity index (χ3n) is 3.61. The van der Waals surface area contributed by atoms with Crippen molar-refractivity contribution in [3.05, 3.63) is 46.3 Å². The van der Waals surface area contributed by atoms with Gasteiger partial charge in [0.05, 0.1) is 13.2 Å².